The molecule has 0 bridgehead atoms. The lowest BCUT2D eigenvalue weighted by molar-refractivity contribution is -0.137. The van der Waals surface area contributed by atoms with E-state index in [1.165, 1.54) is 17.7 Å². The molecule has 8 heteroatoms. The summed E-state index contributed by atoms with van der Waals surface area (Å²) in [6.07, 6.45) is -3.54. The first-order valence-electron chi connectivity index (χ1n) is 10.4. The number of carbonyl (C=O) groups is 1. The van der Waals surface area contributed by atoms with E-state index >= 15 is 0 Å². The first-order chi connectivity index (χ1) is 15.3. The van der Waals surface area contributed by atoms with E-state index in [1.54, 1.807) is 12.0 Å². The maximum Gasteiger partial charge on any atom is 0.416 e. The summed E-state index contributed by atoms with van der Waals surface area (Å²) >= 11 is 0. The van der Waals surface area contributed by atoms with E-state index in [0.717, 1.165) is 43.9 Å². The summed E-state index contributed by atoms with van der Waals surface area (Å²) in [5.41, 5.74) is 0.712. The molecule has 1 heterocycles. The van der Waals surface area contributed by atoms with Crippen LogP contribution in [-0.4, -0.2) is 55.7 Å². The molecule has 0 aliphatic carbocycles. The molecule has 2 amide bonds. The monoisotopic (exact) mass is 445 g/mol. The molecule has 1 aliphatic heterocycles. The van der Waals surface area contributed by atoms with Gasteiger partial charge >= 0.3 is 12.2 Å². The highest BCUT2D eigenvalue weighted by Crippen LogP contribution is 2.29. The number of amides is 2. The minimum Gasteiger partial charge on any atom is -0.497 e. The lowest BCUT2D eigenvalue weighted by Crippen LogP contribution is -2.42. The van der Waals surface area contributed by atoms with Gasteiger partial charge in [-0.1, -0.05) is 30.0 Å². The number of ether oxygens (including phenoxy) is 1. The average Bonchev–Trinajstić information content (AvgIpc) is 3.02. The topological polar surface area (TPSA) is 44.8 Å². The van der Waals surface area contributed by atoms with Crippen LogP contribution < -0.4 is 10.1 Å². The van der Waals surface area contributed by atoms with Gasteiger partial charge in [0.25, 0.3) is 0 Å². The molecule has 1 N–H and O–H groups in total. The zero-order valence-corrected chi connectivity index (χ0v) is 17.9. The smallest absolute Gasteiger partial charge is 0.416 e. The standard InChI is InChI=1S/C24H26F3N3O2/c1-32-22-10-8-20(9-11-22)18-29-13-4-14-30(16-15-29)23(31)28-12-3-6-19-5-2-7-21(17-19)24(25,26)27/h2,5,7-11,17H,4,12-16,18H2,1H3,(H,28,31). The Bertz CT molecular complexity index is 965. The molecule has 0 spiro atoms. The van der Waals surface area contributed by atoms with E-state index in [9.17, 15) is 18.0 Å². The molecule has 1 aliphatic rings. The lowest BCUT2D eigenvalue weighted by Gasteiger charge is -2.22. The molecular formula is C24H26F3N3O2. The minimum atomic E-state index is -4.40. The zero-order chi connectivity index (χ0) is 23.0. The highest BCUT2D eigenvalue weighted by molar-refractivity contribution is 5.74. The molecule has 0 atom stereocenters. The highest BCUT2D eigenvalue weighted by atomic mass is 19.4. The van der Waals surface area contributed by atoms with Crippen LogP contribution in [0.3, 0.4) is 0 Å². The number of rotatable bonds is 4. The third-order valence-corrected chi connectivity index (χ3v) is 5.19. The Labute approximate surface area is 186 Å². The van der Waals surface area contributed by atoms with Crippen LogP contribution in [0.5, 0.6) is 5.75 Å². The number of hydrogen-bond acceptors (Lipinski definition) is 3. The number of methoxy groups -OCH3 is 1. The lowest BCUT2D eigenvalue weighted by atomic mass is 10.1. The Hall–Kier alpha value is -3.18. The van der Waals surface area contributed by atoms with E-state index in [4.69, 9.17) is 4.74 Å². The van der Waals surface area contributed by atoms with Crippen LogP contribution in [0.4, 0.5) is 18.0 Å². The summed E-state index contributed by atoms with van der Waals surface area (Å²) in [7, 11) is 1.64. The molecule has 0 unspecified atom stereocenters. The van der Waals surface area contributed by atoms with Crippen molar-refractivity contribution in [1.29, 1.82) is 0 Å². The number of halogens is 3. The summed E-state index contributed by atoms with van der Waals surface area (Å²) < 4.78 is 43.5. The summed E-state index contributed by atoms with van der Waals surface area (Å²) in [4.78, 5) is 16.5. The molecule has 1 saturated heterocycles. The van der Waals surface area contributed by atoms with Crippen LogP contribution in [0.25, 0.3) is 0 Å². The van der Waals surface area contributed by atoms with E-state index in [0.29, 0.717) is 13.1 Å². The summed E-state index contributed by atoms with van der Waals surface area (Å²) in [5.74, 6) is 6.21. The largest absolute Gasteiger partial charge is 0.497 e. The first kappa shape index (κ1) is 23.5. The van der Waals surface area contributed by atoms with Gasteiger partial charge in [-0.15, -0.1) is 0 Å². The van der Waals surface area contributed by atoms with Crippen LogP contribution in [-0.2, 0) is 12.7 Å². The molecule has 170 valence electrons. The summed E-state index contributed by atoms with van der Waals surface area (Å²) in [6, 6.07) is 12.6. The molecule has 0 aromatic heterocycles. The van der Waals surface area contributed by atoms with Crippen molar-refractivity contribution in [3.8, 4) is 17.6 Å². The van der Waals surface area contributed by atoms with Crippen LogP contribution >= 0.6 is 0 Å². The zero-order valence-electron chi connectivity index (χ0n) is 17.9. The molecular weight excluding hydrogens is 419 g/mol. The first-order valence-corrected chi connectivity index (χ1v) is 10.4. The molecule has 3 rings (SSSR count). The number of urea groups is 1. The maximum absolute atomic E-state index is 12.8. The Kier molecular flexibility index (Phi) is 8.01. The van der Waals surface area contributed by atoms with Gasteiger partial charge in [0.15, 0.2) is 0 Å². The van der Waals surface area contributed by atoms with Gasteiger partial charge in [0.2, 0.25) is 0 Å². The van der Waals surface area contributed by atoms with Crippen LogP contribution in [0.1, 0.15) is 23.1 Å². The molecule has 2 aromatic rings. The average molecular weight is 445 g/mol. The van der Waals surface area contributed by atoms with Gasteiger partial charge in [0.05, 0.1) is 19.2 Å². The van der Waals surface area contributed by atoms with Gasteiger partial charge in [0.1, 0.15) is 5.75 Å². The second kappa shape index (κ2) is 10.9. The quantitative estimate of drug-likeness (QED) is 0.724. The fourth-order valence-corrected chi connectivity index (χ4v) is 3.47. The SMILES string of the molecule is COc1ccc(CN2CCCN(C(=O)NCC#Cc3cccc(C(F)(F)F)c3)CC2)cc1. The van der Waals surface area contributed by atoms with E-state index in [-0.39, 0.29) is 18.1 Å². The van der Waals surface area contributed by atoms with Crippen molar-refractivity contribution in [3.05, 3.63) is 65.2 Å². The van der Waals surface area contributed by atoms with E-state index in [1.807, 2.05) is 24.3 Å². The number of carbonyl (C=O) groups excluding carboxylic acids is 1. The van der Waals surface area contributed by atoms with E-state index < -0.39 is 11.7 Å². The molecule has 0 radical (unpaired) electrons. The predicted molar refractivity (Wildman–Crippen MR) is 116 cm³/mol. The summed E-state index contributed by atoms with van der Waals surface area (Å²) in [5, 5.41) is 2.73. The van der Waals surface area contributed by atoms with Gasteiger partial charge in [-0.05, 0) is 42.3 Å². The third kappa shape index (κ3) is 6.92. The Morgan fingerprint density at radius 3 is 2.59 bits per heavy atom. The number of nitrogens with one attached hydrogen (secondary N) is 1. The molecule has 1 fully saturated rings. The molecule has 32 heavy (non-hydrogen) atoms. The maximum atomic E-state index is 12.8. The number of benzene rings is 2. The van der Waals surface area contributed by atoms with Crippen molar-refractivity contribution in [2.45, 2.75) is 19.1 Å². The Morgan fingerprint density at radius 1 is 1.09 bits per heavy atom. The van der Waals surface area contributed by atoms with Gasteiger partial charge in [0, 0.05) is 38.3 Å². The van der Waals surface area contributed by atoms with Crippen LogP contribution in [0, 0.1) is 11.8 Å². The van der Waals surface area contributed by atoms with Crippen molar-refractivity contribution >= 4 is 6.03 Å². The Balaban J connectivity index is 1.46. The molecule has 0 saturated carbocycles. The fourth-order valence-electron chi connectivity index (χ4n) is 3.47. The molecule has 2 aromatic carbocycles. The van der Waals surface area contributed by atoms with E-state index in [2.05, 4.69) is 22.1 Å². The van der Waals surface area contributed by atoms with Gasteiger partial charge in [-0.2, -0.15) is 13.2 Å². The van der Waals surface area contributed by atoms with Crippen molar-refractivity contribution in [3.63, 3.8) is 0 Å². The molecule has 5 nitrogen and oxygen atoms in total. The van der Waals surface area contributed by atoms with Crippen molar-refractivity contribution < 1.29 is 22.7 Å². The predicted octanol–water partition coefficient (Wildman–Crippen LogP) is 3.98. The number of nitrogens with zero attached hydrogens (tertiary/aromatic N) is 2. The third-order valence-electron chi connectivity index (χ3n) is 5.19. The van der Waals surface area contributed by atoms with Crippen LogP contribution in [0.15, 0.2) is 48.5 Å². The van der Waals surface area contributed by atoms with Gasteiger partial charge < -0.3 is 15.0 Å². The number of hydrogen-bond donors (Lipinski definition) is 1. The normalized spacial score (nSPS) is 14.8. The second-order valence-corrected chi connectivity index (χ2v) is 7.50. The van der Waals surface area contributed by atoms with Crippen molar-refractivity contribution in [2.75, 3.05) is 39.8 Å². The fraction of sp³-hybridized carbons (Fsp3) is 0.375. The minimum absolute atomic E-state index is 0.0706. The van der Waals surface area contributed by atoms with Gasteiger partial charge in [-0.25, -0.2) is 4.79 Å². The highest BCUT2D eigenvalue weighted by Gasteiger charge is 2.30. The number of alkyl halides is 3. The van der Waals surface area contributed by atoms with Crippen LogP contribution in [0.2, 0.25) is 0 Å². The second-order valence-electron chi connectivity index (χ2n) is 7.50. The van der Waals surface area contributed by atoms with Gasteiger partial charge in [-0.3, -0.25) is 4.90 Å². The Morgan fingerprint density at radius 2 is 1.88 bits per heavy atom. The summed E-state index contributed by atoms with van der Waals surface area (Å²) in [6.45, 7) is 3.78. The van der Waals surface area contributed by atoms with Crippen molar-refractivity contribution in [2.24, 2.45) is 0 Å². The van der Waals surface area contributed by atoms with Crippen molar-refractivity contribution in [1.82, 2.24) is 15.1 Å².